The molecule has 2 aliphatic rings. The maximum absolute atomic E-state index is 13.2. The summed E-state index contributed by atoms with van der Waals surface area (Å²) >= 11 is 0. The zero-order chi connectivity index (χ0) is 22.4. The molecule has 0 atom stereocenters. The molecule has 0 unspecified atom stereocenters. The predicted octanol–water partition coefficient (Wildman–Crippen LogP) is 3.20. The first-order valence-electron chi connectivity index (χ1n) is 11.6. The van der Waals surface area contributed by atoms with Gasteiger partial charge >= 0.3 is 0 Å². The summed E-state index contributed by atoms with van der Waals surface area (Å²) in [6.07, 6.45) is 7.89. The summed E-state index contributed by atoms with van der Waals surface area (Å²) in [5.74, 6) is 1.29. The molecule has 1 fully saturated rings. The number of nitrogens with zero attached hydrogens (tertiary/aromatic N) is 2. The Labute approximate surface area is 189 Å². The Morgan fingerprint density at radius 3 is 2.72 bits per heavy atom. The molecule has 32 heavy (non-hydrogen) atoms. The Bertz CT molecular complexity index is 954. The van der Waals surface area contributed by atoms with Gasteiger partial charge in [0.05, 0.1) is 12.0 Å². The summed E-state index contributed by atoms with van der Waals surface area (Å²) < 4.78 is 5.95. The van der Waals surface area contributed by atoms with E-state index in [1.165, 1.54) is 5.56 Å². The number of likely N-dealkylation sites (tertiary alicyclic amines) is 1. The van der Waals surface area contributed by atoms with Crippen LogP contribution in [-0.4, -0.2) is 47.9 Å². The van der Waals surface area contributed by atoms with Gasteiger partial charge in [-0.2, -0.15) is 0 Å². The van der Waals surface area contributed by atoms with Crippen molar-refractivity contribution in [1.82, 2.24) is 15.2 Å². The number of hydrogen-bond acceptors (Lipinski definition) is 5. The van der Waals surface area contributed by atoms with Gasteiger partial charge in [-0.05, 0) is 55.9 Å². The fourth-order valence-corrected chi connectivity index (χ4v) is 4.81. The number of pyridine rings is 1. The maximum Gasteiger partial charge on any atom is 0.254 e. The second-order valence-corrected chi connectivity index (χ2v) is 8.81. The van der Waals surface area contributed by atoms with Crippen molar-refractivity contribution in [3.63, 3.8) is 0 Å². The normalized spacial score (nSPS) is 19.5. The van der Waals surface area contributed by atoms with E-state index in [2.05, 4.69) is 16.4 Å². The van der Waals surface area contributed by atoms with Crippen LogP contribution in [-0.2, 0) is 11.2 Å². The lowest BCUT2D eigenvalue weighted by molar-refractivity contribution is -0.134. The summed E-state index contributed by atoms with van der Waals surface area (Å²) in [5.41, 5.74) is 7.09. The Balaban J connectivity index is 1.40. The molecule has 1 aromatic carbocycles. The maximum atomic E-state index is 13.2. The largest absolute Gasteiger partial charge is 0.491 e. The van der Waals surface area contributed by atoms with E-state index in [0.717, 1.165) is 37.9 Å². The van der Waals surface area contributed by atoms with Gasteiger partial charge in [-0.15, -0.1) is 0 Å². The highest BCUT2D eigenvalue weighted by Gasteiger charge is 2.41. The molecule has 4 rings (SSSR count). The smallest absolute Gasteiger partial charge is 0.254 e. The Kier molecular flexibility index (Phi) is 6.93. The van der Waals surface area contributed by atoms with E-state index in [0.29, 0.717) is 50.5 Å². The molecule has 2 amide bonds. The molecule has 3 heterocycles. The minimum absolute atomic E-state index is 0.0508. The number of aromatic nitrogens is 1. The molecule has 1 aromatic heterocycles. The highest BCUT2D eigenvalue weighted by molar-refractivity contribution is 5.95. The van der Waals surface area contributed by atoms with Gasteiger partial charge in [0, 0.05) is 24.8 Å². The fraction of sp³-hybridized carbons (Fsp3) is 0.480. The van der Waals surface area contributed by atoms with E-state index >= 15 is 0 Å². The van der Waals surface area contributed by atoms with Crippen molar-refractivity contribution in [3.05, 3.63) is 53.7 Å². The van der Waals surface area contributed by atoms with Gasteiger partial charge in [0.2, 0.25) is 5.91 Å². The number of nitrogen functional groups attached to an aromatic ring is 1. The second-order valence-electron chi connectivity index (χ2n) is 8.81. The number of ether oxygens (including phenoxy) is 1. The van der Waals surface area contributed by atoms with Crippen LogP contribution in [0.5, 0.6) is 5.75 Å². The fourth-order valence-electron chi connectivity index (χ4n) is 4.81. The first-order chi connectivity index (χ1) is 15.6. The van der Waals surface area contributed by atoms with Gasteiger partial charge in [0.25, 0.3) is 5.91 Å². The van der Waals surface area contributed by atoms with Crippen LogP contribution in [0, 0.1) is 5.41 Å². The summed E-state index contributed by atoms with van der Waals surface area (Å²) in [7, 11) is 0. The average Bonchev–Trinajstić information content (AvgIpc) is 2.83. The van der Waals surface area contributed by atoms with E-state index in [-0.39, 0.29) is 11.8 Å². The van der Waals surface area contributed by atoms with Gasteiger partial charge in [0.15, 0.2) is 0 Å². The molecule has 0 aliphatic carbocycles. The highest BCUT2D eigenvalue weighted by Crippen LogP contribution is 2.38. The standard InChI is InChI=1S/C25H32N4O3/c26-22-18-20(9-13-27-22)23(30)29-15-11-25(12-16-29)10-5-1-2-6-19-7-3-4-8-21(19)32-17-14-28-24(25)31/h3-4,7-9,13,18H,1-2,5-6,10-12,14-17H2,(H2,26,27)(H,28,31). The number of hydrogen-bond donors (Lipinski definition) is 2. The number of carbonyl (C=O) groups is 2. The van der Waals surface area contributed by atoms with Gasteiger partial charge in [-0.1, -0.05) is 31.0 Å². The molecule has 0 bridgehead atoms. The van der Waals surface area contributed by atoms with Crippen LogP contribution >= 0.6 is 0 Å². The number of piperidine rings is 1. The van der Waals surface area contributed by atoms with E-state index < -0.39 is 5.41 Å². The predicted molar refractivity (Wildman–Crippen MR) is 123 cm³/mol. The first kappa shape index (κ1) is 22.1. The number of amides is 2. The van der Waals surface area contributed by atoms with Gasteiger partial charge in [-0.25, -0.2) is 4.98 Å². The number of anilines is 1. The van der Waals surface area contributed by atoms with Crippen molar-refractivity contribution >= 4 is 17.6 Å². The molecule has 170 valence electrons. The molecule has 0 radical (unpaired) electrons. The van der Waals surface area contributed by atoms with Gasteiger partial charge in [-0.3, -0.25) is 9.59 Å². The van der Waals surface area contributed by atoms with Crippen molar-refractivity contribution < 1.29 is 14.3 Å². The third kappa shape index (κ3) is 5.03. The number of nitrogens with two attached hydrogens (primary N) is 1. The number of benzene rings is 1. The third-order valence-electron chi connectivity index (χ3n) is 6.74. The van der Waals surface area contributed by atoms with E-state index in [9.17, 15) is 9.59 Å². The summed E-state index contributed by atoms with van der Waals surface area (Å²) in [6, 6.07) is 11.5. The lowest BCUT2D eigenvalue weighted by Gasteiger charge is -2.41. The molecule has 1 spiro atoms. The molecule has 1 saturated heterocycles. The van der Waals surface area contributed by atoms with E-state index in [4.69, 9.17) is 10.5 Å². The first-order valence-corrected chi connectivity index (χ1v) is 11.6. The number of nitrogens with one attached hydrogen (secondary N) is 1. The monoisotopic (exact) mass is 436 g/mol. The topological polar surface area (TPSA) is 97.5 Å². The van der Waals surface area contributed by atoms with Crippen LogP contribution in [0.2, 0.25) is 0 Å². The molecular formula is C25H32N4O3. The minimum Gasteiger partial charge on any atom is -0.491 e. The van der Waals surface area contributed by atoms with Crippen LogP contribution in [0.15, 0.2) is 42.6 Å². The van der Waals surface area contributed by atoms with Crippen molar-refractivity contribution in [2.24, 2.45) is 5.41 Å². The van der Waals surface area contributed by atoms with Crippen molar-refractivity contribution in [3.8, 4) is 5.75 Å². The number of rotatable bonds is 1. The Morgan fingerprint density at radius 2 is 1.91 bits per heavy atom. The molecule has 7 nitrogen and oxygen atoms in total. The minimum atomic E-state index is -0.422. The van der Waals surface area contributed by atoms with Gasteiger partial charge in [0.1, 0.15) is 18.2 Å². The summed E-state index contributed by atoms with van der Waals surface area (Å²) in [5, 5.41) is 3.10. The average molecular weight is 437 g/mol. The van der Waals surface area contributed by atoms with Crippen LogP contribution in [0.3, 0.4) is 0 Å². The van der Waals surface area contributed by atoms with E-state index in [1.807, 2.05) is 23.1 Å². The second kappa shape index (κ2) is 10.0. The molecule has 3 N–H and O–H groups in total. The lowest BCUT2D eigenvalue weighted by atomic mass is 9.73. The molecule has 7 heteroatoms. The Morgan fingerprint density at radius 1 is 1.09 bits per heavy atom. The molecular weight excluding hydrogens is 404 g/mol. The van der Waals surface area contributed by atoms with E-state index in [1.54, 1.807) is 18.3 Å². The highest BCUT2D eigenvalue weighted by atomic mass is 16.5. The van der Waals surface area contributed by atoms with Crippen molar-refractivity contribution in [2.45, 2.75) is 44.9 Å². The Hall–Kier alpha value is -3.09. The summed E-state index contributed by atoms with van der Waals surface area (Å²) in [4.78, 5) is 31.9. The third-order valence-corrected chi connectivity index (χ3v) is 6.74. The quantitative estimate of drug-likeness (QED) is 0.715. The number of carbonyl (C=O) groups excluding carboxylic acids is 2. The zero-order valence-electron chi connectivity index (χ0n) is 18.5. The lowest BCUT2D eigenvalue weighted by Crippen LogP contribution is -2.50. The van der Waals surface area contributed by atoms with Crippen molar-refractivity contribution in [1.29, 1.82) is 0 Å². The van der Waals surface area contributed by atoms with Crippen LogP contribution in [0.1, 0.15) is 54.4 Å². The molecule has 2 aromatic rings. The molecule has 0 saturated carbocycles. The van der Waals surface area contributed by atoms with Crippen LogP contribution < -0.4 is 15.8 Å². The van der Waals surface area contributed by atoms with Crippen molar-refractivity contribution in [2.75, 3.05) is 32.0 Å². The number of aryl methyl sites for hydroxylation is 1. The van der Waals surface area contributed by atoms with Gasteiger partial charge < -0.3 is 20.7 Å². The zero-order valence-corrected chi connectivity index (χ0v) is 18.5. The van der Waals surface area contributed by atoms with Crippen LogP contribution in [0.4, 0.5) is 5.82 Å². The number of para-hydroxylation sites is 1. The molecule has 2 aliphatic heterocycles. The van der Waals surface area contributed by atoms with Crippen LogP contribution in [0.25, 0.3) is 0 Å². The summed E-state index contributed by atoms with van der Waals surface area (Å²) in [6.45, 7) is 2.06. The number of fused-ring (bicyclic) bond motifs is 1. The SMILES string of the molecule is Nc1cc(C(=O)N2CCC3(CCCCCc4ccccc4OCCNC3=O)CC2)ccn1.